The van der Waals surface area contributed by atoms with E-state index in [2.05, 4.69) is 15.9 Å². The summed E-state index contributed by atoms with van der Waals surface area (Å²) >= 11 is 3.40. The summed E-state index contributed by atoms with van der Waals surface area (Å²) in [6, 6.07) is 5.52. The highest BCUT2D eigenvalue weighted by atomic mass is 79.9. The van der Waals surface area contributed by atoms with E-state index in [1.165, 1.54) is 0 Å². The van der Waals surface area contributed by atoms with E-state index in [4.69, 9.17) is 0 Å². The first kappa shape index (κ1) is 14.2. The van der Waals surface area contributed by atoms with Gasteiger partial charge in [-0.3, -0.25) is 4.79 Å². The van der Waals surface area contributed by atoms with Crippen LogP contribution in [-0.2, 0) is 0 Å². The number of aliphatic hydroxyl groups is 1. The lowest BCUT2D eigenvalue weighted by Gasteiger charge is -2.30. The van der Waals surface area contributed by atoms with Crippen molar-refractivity contribution in [3.05, 3.63) is 28.2 Å². The molecule has 94 valence electrons. The van der Waals surface area contributed by atoms with Gasteiger partial charge in [0.2, 0.25) is 0 Å². The zero-order valence-electron chi connectivity index (χ0n) is 10.4. The molecule has 0 saturated carbocycles. The number of carbonyl (C=O) groups is 1. The standard InChI is InChI=1S/C13H18BrNO2/c1-4-15(9-13(2,3)17)12-7-11(14)6-5-10(12)8-16/h5-8,17H,4,9H2,1-3H3. The average molecular weight is 300 g/mol. The van der Waals surface area contributed by atoms with Crippen LogP contribution in [0.4, 0.5) is 5.69 Å². The quantitative estimate of drug-likeness (QED) is 0.850. The summed E-state index contributed by atoms with van der Waals surface area (Å²) in [6.45, 7) is 6.74. The van der Waals surface area contributed by atoms with Crippen molar-refractivity contribution in [3.8, 4) is 0 Å². The van der Waals surface area contributed by atoms with Crippen molar-refractivity contribution in [2.45, 2.75) is 26.4 Å². The number of benzene rings is 1. The minimum absolute atomic E-state index is 0.487. The molecule has 0 aliphatic heterocycles. The summed E-state index contributed by atoms with van der Waals surface area (Å²) in [7, 11) is 0. The van der Waals surface area contributed by atoms with Gasteiger partial charge >= 0.3 is 0 Å². The fraction of sp³-hybridized carbons (Fsp3) is 0.462. The van der Waals surface area contributed by atoms with E-state index in [1.807, 2.05) is 24.0 Å². The molecule has 1 aromatic carbocycles. The third kappa shape index (κ3) is 4.13. The van der Waals surface area contributed by atoms with Gasteiger partial charge < -0.3 is 10.0 Å². The van der Waals surface area contributed by atoms with E-state index >= 15 is 0 Å². The minimum Gasteiger partial charge on any atom is -0.389 e. The van der Waals surface area contributed by atoms with E-state index in [0.29, 0.717) is 12.1 Å². The van der Waals surface area contributed by atoms with Gasteiger partial charge in [0, 0.05) is 28.8 Å². The summed E-state index contributed by atoms with van der Waals surface area (Å²) in [5.41, 5.74) is 0.691. The SMILES string of the molecule is CCN(CC(C)(C)O)c1cc(Br)ccc1C=O. The number of aldehydes is 1. The summed E-state index contributed by atoms with van der Waals surface area (Å²) < 4.78 is 0.923. The zero-order chi connectivity index (χ0) is 13.1. The monoisotopic (exact) mass is 299 g/mol. The second-order valence-corrected chi connectivity index (χ2v) is 5.56. The minimum atomic E-state index is -0.793. The number of hydrogen-bond donors (Lipinski definition) is 1. The van der Waals surface area contributed by atoms with Gasteiger partial charge in [-0.05, 0) is 39.0 Å². The Hall–Kier alpha value is -0.870. The van der Waals surface area contributed by atoms with Crippen LogP contribution in [0.15, 0.2) is 22.7 Å². The Balaban J connectivity index is 3.10. The van der Waals surface area contributed by atoms with Crippen molar-refractivity contribution >= 4 is 27.9 Å². The second kappa shape index (κ2) is 5.65. The van der Waals surface area contributed by atoms with E-state index in [-0.39, 0.29) is 0 Å². The van der Waals surface area contributed by atoms with Crippen LogP contribution in [0.3, 0.4) is 0 Å². The molecule has 1 rings (SSSR count). The second-order valence-electron chi connectivity index (χ2n) is 4.65. The molecule has 0 amide bonds. The number of halogens is 1. The molecule has 0 fully saturated rings. The Morgan fingerprint density at radius 2 is 2.12 bits per heavy atom. The number of nitrogens with zero attached hydrogens (tertiary/aromatic N) is 1. The highest BCUT2D eigenvalue weighted by Gasteiger charge is 2.19. The molecular formula is C13H18BrNO2. The molecule has 0 atom stereocenters. The molecule has 0 radical (unpaired) electrons. The number of rotatable bonds is 5. The molecule has 0 heterocycles. The molecule has 0 bridgehead atoms. The number of hydrogen-bond acceptors (Lipinski definition) is 3. The summed E-state index contributed by atoms with van der Waals surface area (Å²) in [5, 5.41) is 9.87. The van der Waals surface area contributed by atoms with Gasteiger partial charge in [-0.15, -0.1) is 0 Å². The van der Waals surface area contributed by atoms with Crippen LogP contribution in [0.25, 0.3) is 0 Å². The van der Waals surface area contributed by atoms with E-state index in [9.17, 15) is 9.90 Å². The highest BCUT2D eigenvalue weighted by molar-refractivity contribution is 9.10. The van der Waals surface area contributed by atoms with E-state index < -0.39 is 5.60 Å². The van der Waals surface area contributed by atoms with Gasteiger partial charge in [0.25, 0.3) is 0 Å². The highest BCUT2D eigenvalue weighted by Crippen LogP contribution is 2.25. The molecule has 1 aromatic rings. The van der Waals surface area contributed by atoms with Crippen LogP contribution in [-0.4, -0.2) is 30.1 Å². The van der Waals surface area contributed by atoms with Crippen LogP contribution in [0.2, 0.25) is 0 Å². The average Bonchev–Trinajstić information content (AvgIpc) is 2.24. The summed E-state index contributed by atoms with van der Waals surface area (Å²) in [4.78, 5) is 13.0. The summed E-state index contributed by atoms with van der Waals surface area (Å²) in [5.74, 6) is 0. The predicted molar refractivity (Wildman–Crippen MR) is 73.7 cm³/mol. The van der Waals surface area contributed by atoms with Gasteiger partial charge in [0.05, 0.1) is 5.60 Å². The maximum atomic E-state index is 11.0. The van der Waals surface area contributed by atoms with Gasteiger partial charge in [-0.1, -0.05) is 15.9 Å². The largest absolute Gasteiger partial charge is 0.389 e. The van der Waals surface area contributed by atoms with Crippen molar-refractivity contribution in [1.29, 1.82) is 0 Å². The maximum Gasteiger partial charge on any atom is 0.152 e. The lowest BCUT2D eigenvalue weighted by atomic mass is 10.1. The fourth-order valence-corrected chi connectivity index (χ4v) is 2.07. The molecule has 4 heteroatoms. The van der Waals surface area contributed by atoms with Gasteiger partial charge in [-0.25, -0.2) is 0 Å². The molecule has 3 nitrogen and oxygen atoms in total. The third-order valence-electron chi connectivity index (χ3n) is 2.42. The lowest BCUT2D eigenvalue weighted by Crippen LogP contribution is -2.39. The van der Waals surface area contributed by atoms with Crippen LogP contribution >= 0.6 is 15.9 Å². The molecule has 0 aliphatic rings. The first-order chi connectivity index (χ1) is 7.87. The number of likely N-dealkylation sites (N-methyl/N-ethyl adjacent to an activating group) is 1. The van der Waals surface area contributed by atoms with E-state index in [0.717, 1.165) is 23.0 Å². The molecule has 0 aromatic heterocycles. The molecule has 0 spiro atoms. The van der Waals surface area contributed by atoms with Crippen LogP contribution in [0.5, 0.6) is 0 Å². The van der Waals surface area contributed by atoms with Gasteiger partial charge in [0.1, 0.15) is 0 Å². The fourth-order valence-electron chi connectivity index (χ4n) is 1.72. The van der Waals surface area contributed by atoms with Crippen molar-refractivity contribution in [1.82, 2.24) is 0 Å². The van der Waals surface area contributed by atoms with Crippen molar-refractivity contribution in [3.63, 3.8) is 0 Å². The maximum absolute atomic E-state index is 11.0. The molecule has 0 unspecified atom stereocenters. The van der Waals surface area contributed by atoms with Crippen molar-refractivity contribution in [2.75, 3.05) is 18.0 Å². The molecule has 17 heavy (non-hydrogen) atoms. The first-order valence-electron chi connectivity index (χ1n) is 5.59. The van der Waals surface area contributed by atoms with Crippen LogP contribution < -0.4 is 4.90 Å². The van der Waals surface area contributed by atoms with E-state index in [1.54, 1.807) is 19.9 Å². The molecular weight excluding hydrogens is 282 g/mol. The Morgan fingerprint density at radius 3 is 2.59 bits per heavy atom. The number of anilines is 1. The predicted octanol–water partition coefficient (Wildman–Crippen LogP) is 2.86. The lowest BCUT2D eigenvalue weighted by molar-refractivity contribution is 0.0874. The van der Waals surface area contributed by atoms with Crippen LogP contribution in [0.1, 0.15) is 31.1 Å². The van der Waals surface area contributed by atoms with Crippen molar-refractivity contribution < 1.29 is 9.90 Å². The van der Waals surface area contributed by atoms with Gasteiger partial charge in [0.15, 0.2) is 6.29 Å². The molecule has 1 N–H and O–H groups in total. The normalized spacial score (nSPS) is 11.4. The molecule has 0 aliphatic carbocycles. The van der Waals surface area contributed by atoms with Crippen LogP contribution in [0, 0.1) is 0 Å². The van der Waals surface area contributed by atoms with Crippen molar-refractivity contribution in [2.24, 2.45) is 0 Å². The number of carbonyl (C=O) groups excluding carboxylic acids is 1. The molecule has 0 saturated heterocycles. The van der Waals surface area contributed by atoms with Gasteiger partial charge in [-0.2, -0.15) is 0 Å². The smallest absolute Gasteiger partial charge is 0.152 e. The Bertz CT molecular complexity index is 399. The summed E-state index contributed by atoms with van der Waals surface area (Å²) in [6.07, 6.45) is 0.842. The third-order valence-corrected chi connectivity index (χ3v) is 2.91. The zero-order valence-corrected chi connectivity index (χ0v) is 12.0. The Kier molecular flexibility index (Phi) is 4.71. The Labute approximate surface area is 111 Å². The topological polar surface area (TPSA) is 40.5 Å². The first-order valence-corrected chi connectivity index (χ1v) is 6.38. The Morgan fingerprint density at radius 1 is 1.47 bits per heavy atom.